The molecule has 0 saturated heterocycles. The van der Waals surface area contributed by atoms with Crippen LogP contribution in [0, 0.1) is 0 Å². The van der Waals surface area contributed by atoms with Gasteiger partial charge < -0.3 is 0 Å². The van der Waals surface area contributed by atoms with E-state index in [4.69, 9.17) is 0 Å². The first-order valence-electron chi connectivity index (χ1n) is 4.36. The maximum Gasteiger partial charge on any atom is 0.457 e. The zero-order chi connectivity index (χ0) is 10.6. The summed E-state index contributed by atoms with van der Waals surface area (Å²) in [7, 11) is 0. The van der Waals surface area contributed by atoms with Gasteiger partial charge in [-0.2, -0.15) is 13.2 Å². The number of benzene rings is 1. The van der Waals surface area contributed by atoms with Crippen molar-refractivity contribution in [1.82, 2.24) is 5.32 Å². The lowest BCUT2D eigenvalue weighted by Gasteiger charge is -2.15. The highest BCUT2D eigenvalue weighted by Crippen LogP contribution is 2.12. The molecule has 1 aromatic rings. The molecule has 0 spiro atoms. The first-order valence-corrected chi connectivity index (χ1v) is 4.36. The summed E-state index contributed by atoms with van der Waals surface area (Å²) < 4.78 is 35.7. The molecule has 0 aliphatic carbocycles. The summed E-state index contributed by atoms with van der Waals surface area (Å²) >= 11 is 0. The number of halogens is 3. The van der Waals surface area contributed by atoms with Gasteiger partial charge >= 0.3 is 6.30 Å². The SMILES string of the molecule is CC(Cc1ccccc1)NC(F)(F)F. The highest BCUT2D eigenvalue weighted by molar-refractivity contribution is 5.15. The van der Waals surface area contributed by atoms with Crippen LogP contribution >= 0.6 is 0 Å². The molecule has 0 radical (unpaired) electrons. The largest absolute Gasteiger partial charge is 0.457 e. The lowest BCUT2D eigenvalue weighted by Crippen LogP contribution is -2.40. The first-order chi connectivity index (χ1) is 6.47. The normalized spacial score (nSPS) is 14.0. The highest BCUT2D eigenvalue weighted by Gasteiger charge is 2.28. The molecule has 1 atom stereocenters. The molecule has 4 heteroatoms. The number of alkyl halides is 3. The highest BCUT2D eigenvalue weighted by atomic mass is 19.4. The van der Waals surface area contributed by atoms with Crippen molar-refractivity contribution in [3.8, 4) is 0 Å². The van der Waals surface area contributed by atoms with Crippen molar-refractivity contribution < 1.29 is 13.2 Å². The van der Waals surface area contributed by atoms with Crippen LogP contribution in [0.1, 0.15) is 12.5 Å². The second-order valence-corrected chi connectivity index (χ2v) is 3.23. The molecule has 1 nitrogen and oxygen atoms in total. The molecule has 0 aliphatic heterocycles. The quantitative estimate of drug-likeness (QED) is 0.745. The van der Waals surface area contributed by atoms with Crippen molar-refractivity contribution in [3.05, 3.63) is 35.9 Å². The van der Waals surface area contributed by atoms with Gasteiger partial charge in [-0.25, -0.2) is 5.32 Å². The molecule has 0 bridgehead atoms. The first kappa shape index (κ1) is 11.0. The van der Waals surface area contributed by atoms with Crippen LogP contribution in [0.15, 0.2) is 30.3 Å². The van der Waals surface area contributed by atoms with Crippen molar-refractivity contribution in [2.24, 2.45) is 0 Å². The molecular formula is C10H12F3N. The van der Waals surface area contributed by atoms with E-state index in [1.54, 1.807) is 5.32 Å². The Bertz CT molecular complexity index is 268. The van der Waals surface area contributed by atoms with Gasteiger partial charge in [0.15, 0.2) is 0 Å². The standard InChI is InChI=1S/C10H12F3N/c1-8(14-10(11,12)13)7-9-5-3-2-4-6-9/h2-6,8,14H,7H2,1H3. The molecule has 14 heavy (non-hydrogen) atoms. The van der Waals surface area contributed by atoms with E-state index >= 15 is 0 Å². The van der Waals surface area contributed by atoms with E-state index in [2.05, 4.69) is 0 Å². The van der Waals surface area contributed by atoms with Crippen molar-refractivity contribution >= 4 is 0 Å². The Hall–Kier alpha value is -1.03. The third-order valence-corrected chi connectivity index (χ3v) is 1.79. The fraction of sp³-hybridized carbons (Fsp3) is 0.400. The summed E-state index contributed by atoms with van der Waals surface area (Å²) in [6.45, 7) is 1.51. The van der Waals surface area contributed by atoms with Gasteiger partial charge in [-0.1, -0.05) is 30.3 Å². The molecule has 1 N–H and O–H groups in total. The van der Waals surface area contributed by atoms with Gasteiger partial charge in [-0.15, -0.1) is 0 Å². The molecule has 0 saturated carbocycles. The van der Waals surface area contributed by atoms with Gasteiger partial charge in [0.25, 0.3) is 0 Å². The number of hydrogen-bond acceptors (Lipinski definition) is 1. The van der Waals surface area contributed by atoms with Gasteiger partial charge in [0.1, 0.15) is 0 Å². The van der Waals surface area contributed by atoms with E-state index in [9.17, 15) is 13.2 Å². The van der Waals surface area contributed by atoms with Crippen molar-refractivity contribution in [2.45, 2.75) is 25.7 Å². The second-order valence-electron chi connectivity index (χ2n) is 3.23. The van der Waals surface area contributed by atoms with E-state index in [1.807, 2.05) is 30.3 Å². The Morgan fingerprint density at radius 1 is 1.21 bits per heavy atom. The number of rotatable bonds is 3. The van der Waals surface area contributed by atoms with Gasteiger partial charge in [0, 0.05) is 6.04 Å². The summed E-state index contributed by atoms with van der Waals surface area (Å²) in [5, 5.41) is 1.57. The van der Waals surface area contributed by atoms with Gasteiger partial charge in [-0.3, -0.25) is 0 Å². The summed E-state index contributed by atoms with van der Waals surface area (Å²) in [6, 6.07) is 8.50. The van der Waals surface area contributed by atoms with E-state index < -0.39 is 12.3 Å². The molecule has 1 aromatic carbocycles. The lowest BCUT2D eigenvalue weighted by molar-refractivity contribution is -0.162. The maximum absolute atomic E-state index is 11.9. The van der Waals surface area contributed by atoms with Gasteiger partial charge in [-0.05, 0) is 18.9 Å². The molecule has 0 fully saturated rings. The molecule has 1 unspecified atom stereocenters. The van der Waals surface area contributed by atoms with Crippen molar-refractivity contribution in [1.29, 1.82) is 0 Å². The Labute approximate surface area is 80.9 Å². The predicted octanol–water partition coefficient (Wildman–Crippen LogP) is 2.73. The Balaban J connectivity index is 2.46. The smallest absolute Gasteiger partial charge is 0.225 e. The molecule has 1 rings (SSSR count). The van der Waals surface area contributed by atoms with Gasteiger partial charge in [0.05, 0.1) is 0 Å². The van der Waals surface area contributed by atoms with Crippen LogP contribution in [0.2, 0.25) is 0 Å². The maximum atomic E-state index is 11.9. The topological polar surface area (TPSA) is 12.0 Å². The minimum absolute atomic E-state index is 0.375. The fourth-order valence-electron chi connectivity index (χ4n) is 1.30. The second kappa shape index (κ2) is 4.46. The third kappa shape index (κ3) is 4.28. The number of nitrogens with one attached hydrogen (secondary N) is 1. The molecule has 0 amide bonds. The molecular weight excluding hydrogens is 191 g/mol. The molecule has 78 valence electrons. The van der Waals surface area contributed by atoms with Crippen molar-refractivity contribution in [3.63, 3.8) is 0 Å². The van der Waals surface area contributed by atoms with Crippen LogP contribution in [-0.4, -0.2) is 12.3 Å². The van der Waals surface area contributed by atoms with Crippen LogP contribution in [0.4, 0.5) is 13.2 Å². The minimum atomic E-state index is -4.30. The Kier molecular flexibility index (Phi) is 3.52. The van der Waals surface area contributed by atoms with E-state index in [0.717, 1.165) is 5.56 Å². The monoisotopic (exact) mass is 203 g/mol. The Morgan fingerprint density at radius 2 is 1.79 bits per heavy atom. The summed E-state index contributed by atoms with van der Waals surface area (Å²) in [5.41, 5.74) is 0.900. The van der Waals surface area contributed by atoms with Crippen LogP contribution < -0.4 is 5.32 Å². The van der Waals surface area contributed by atoms with Gasteiger partial charge in [0.2, 0.25) is 0 Å². The van der Waals surface area contributed by atoms with E-state index in [1.165, 1.54) is 6.92 Å². The zero-order valence-electron chi connectivity index (χ0n) is 7.81. The summed E-state index contributed by atoms with van der Waals surface area (Å²) in [4.78, 5) is 0. The zero-order valence-corrected chi connectivity index (χ0v) is 7.81. The van der Waals surface area contributed by atoms with E-state index in [0.29, 0.717) is 6.42 Å². The Morgan fingerprint density at radius 3 is 2.29 bits per heavy atom. The summed E-state index contributed by atoms with van der Waals surface area (Å²) in [5.74, 6) is 0. The summed E-state index contributed by atoms with van der Waals surface area (Å²) in [6.07, 6.45) is -3.92. The third-order valence-electron chi connectivity index (χ3n) is 1.79. The van der Waals surface area contributed by atoms with Crippen LogP contribution in [0.25, 0.3) is 0 Å². The van der Waals surface area contributed by atoms with Crippen LogP contribution in [0.3, 0.4) is 0 Å². The average molecular weight is 203 g/mol. The predicted molar refractivity (Wildman–Crippen MR) is 48.8 cm³/mol. The van der Waals surface area contributed by atoms with E-state index in [-0.39, 0.29) is 0 Å². The molecule has 0 aromatic heterocycles. The van der Waals surface area contributed by atoms with Crippen LogP contribution in [-0.2, 0) is 6.42 Å². The van der Waals surface area contributed by atoms with Crippen molar-refractivity contribution in [2.75, 3.05) is 0 Å². The molecule has 0 aliphatic rings. The fourth-order valence-corrected chi connectivity index (χ4v) is 1.30. The van der Waals surface area contributed by atoms with Crippen LogP contribution in [0.5, 0.6) is 0 Å². The minimum Gasteiger partial charge on any atom is -0.225 e. The molecule has 0 heterocycles. The lowest BCUT2D eigenvalue weighted by atomic mass is 10.1. The number of hydrogen-bond donors (Lipinski definition) is 1. The average Bonchev–Trinajstić information content (AvgIpc) is 2.02.